The molecule has 2 aliphatic rings. The maximum Gasteiger partial charge on any atom is 0.249 e. The molecule has 0 aromatic carbocycles. The van der Waals surface area contributed by atoms with E-state index >= 15 is 0 Å². The Labute approximate surface area is 84.5 Å². The van der Waals surface area contributed by atoms with Crippen LogP contribution >= 0.6 is 0 Å². The normalized spacial score (nSPS) is 34.3. The van der Waals surface area contributed by atoms with Crippen LogP contribution < -0.4 is 0 Å². The molecule has 1 aliphatic heterocycles. The van der Waals surface area contributed by atoms with Crippen molar-refractivity contribution in [1.29, 1.82) is 0 Å². The molecule has 0 unspecified atom stereocenters. The third-order valence-electron chi connectivity index (χ3n) is 3.52. The average Bonchev–Trinajstić information content (AvgIpc) is 2.18. The highest BCUT2D eigenvalue weighted by molar-refractivity contribution is 4.85. The molecule has 0 aromatic heterocycles. The molecule has 14 heavy (non-hydrogen) atoms. The minimum atomic E-state index is -2.39. The molecule has 2 fully saturated rings. The number of nitrogens with zero attached hydrogens (tertiary/aromatic N) is 1. The van der Waals surface area contributed by atoms with Crippen molar-refractivity contribution in [2.75, 3.05) is 13.1 Å². The first-order valence-corrected chi connectivity index (χ1v) is 5.79. The standard InChI is InChI=1S/C11H19F2N/c12-11(13)6-4-5-10(9-11)14-7-2-1-3-8-14/h10H,1-9H2/t10-/m0/s1. The molecule has 3 heteroatoms. The molecule has 0 aromatic rings. The Kier molecular flexibility index (Phi) is 3.05. The summed E-state index contributed by atoms with van der Waals surface area (Å²) < 4.78 is 26.4. The molecule has 0 radical (unpaired) electrons. The van der Waals surface area contributed by atoms with Gasteiger partial charge in [0.15, 0.2) is 0 Å². The van der Waals surface area contributed by atoms with Crippen LogP contribution in [0.15, 0.2) is 0 Å². The molecular weight excluding hydrogens is 184 g/mol. The van der Waals surface area contributed by atoms with Gasteiger partial charge >= 0.3 is 0 Å². The summed E-state index contributed by atoms with van der Waals surface area (Å²) in [6, 6.07) is 0.166. The monoisotopic (exact) mass is 203 g/mol. The van der Waals surface area contributed by atoms with Crippen LogP contribution in [0.1, 0.15) is 44.9 Å². The molecule has 0 bridgehead atoms. The predicted molar refractivity (Wildman–Crippen MR) is 52.6 cm³/mol. The summed E-state index contributed by atoms with van der Waals surface area (Å²) in [6.07, 6.45) is 5.57. The van der Waals surface area contributed by atoms with Gasteiger partial charge in [-0.2, -0.15) is 0 Å². The summed E-state index contributed by atoms with van der Waals surface area (Å²) in [5.74, 6) is -2.39. The highest BCUT2D eigenvalue weighted by Gasteiger charge is 2.38. The molecular formula is C11H19F2N. The van der Waals surface area contributed by atoms with Crippen LogP contribution in [0.5, 0.6) is 0 Å². The topological polar surface area (TPSA) is 3.24 Å². The molecule has 1 heterocycles. The molecule has 1 aliphatic carbocycles. The Morgan fingerprint density at radius 1 is 1.00 bits per heavy atom. The zero-order valence-electron chi connectivity index (χ0n) is 8.64. The quantitative estimate of drug-likeness (QED) is 0.633. The lowest BCUT2D eigenvalue weighted by Gasteiger charge is -2.39. The van der Waals surface area contributed by atoms with Gasteiger partial charge in [0, 0.05) is 18.9 Å². The van der Waals surface area contributed by atoms with Gasteiger partial charge in [0.25, 0.3) is 0 Å². The van der Waals surface area contributed by atoms with E-state index in [-0.39, 0.29) is 18.9 Å². The molecule has 1 nitrogen and oxygen atoms in total. The van der Waals surface area contributed by atoms with Gasteiger partial charge in [-0.25, -0.2) is 8.78 Å². The van der Waals surface area contributed by atoms with Crippen LogP contribution in [0.4, 0.5) is 8.78 Å². The Balaban J connectivity index is 1.89. The predicted octanol–water partition coefficient (Wildman–Crippen LogP) is 3.05. The lowest BCUT2D eigenvalue weighted by atomic mass is 9.90. The second-order valence-electron chi connectivity index (χ2n) is 4.70. The molecule has 0 N–H and O–H groups in total. The van der Waals surface area contributed by atoms with Crippen molar-refractivity contribution in [2.24, 2.45) is 0 Å². The van der Waals surface area contributed by atoms with Crippen LogP contribution in [0, 0.1) is 0 Å². The summed E-state index contributed by atoms with van der Waals surface area (Å²) in [6.45, 7) is 2.08. The minimum absolute atomic E-state index is 0.104. The van der Waals surface area contributed by atoms with Gasteiger partial charge in [0.05, 0.1) is 0 Å². The van der Waals surface area contributed by atoms with Crippen molar-refractivity contribution in [3.8, 4) is 0 Å². The first-order valence-electron chi connectivity index (χ1n) is 5.79. The van der Waals surface area contributed by atoms with Crippen molar-refractivity contribution in [2.45, 2.75) is 56.9 Å². The zero-order valence-corrected chi connectivity index (χ0v) is 8.64. The fourth-order valence-electron chi connectivity index (χ4n) is 2.74. The van der Waals surface area contributed by atoms with E-state index in [1.165, 1.54) is 19.3 Å². The third kappa shape index (κ3) is 2.44. The highest BCUT2D eigenvalue weighted by atomic mass is 19.3. The average molecular weight is 203 g/mol. The van der Waals surface area contributed by atoms with Crippen LogP contribution in [-0.4, -0.2) is 30.0 Å². The fourth-order valence-corrected chi connectivity index (χ4v) is 2.74. The number of likely N-dealkylation sites (tertiary alicyclic amines) is 1. The van der Waals surface area contributed by atoms with Crippen molar-refractivity contribution in [1.82, 2.24) is 4.90 Å². The van der Waals surface area contributed by atoms with Gasteiger partial charge in [0.1, 0.15) is 0 Å². The smallest absolute Gasteiger partial charge is 0.249 e. The minimum Gasteiger partial charge on any atom is -0.300 e. The SMILES string of the molecule is FC1(F)CCC[C@H](N2CCCCC2)C1. The van der Waals surface area contributed by atoms with Crippen LogP contribution in [-0.2, 0) is 0 Å². The van der Waals surface area contributed by atoms with E-state index in [9.17, 15) is 8.78 Å². The van der Waals surface area contributed by atoms with E-state index < -0.39 is 5.92 Å². The summed E-state index contributed by atoms with van der Waals surface area (Å²) in [4.78, 5) is 2.29. The van der Waals surface area contributed by atoms with E-state index in [1.807, 2.05) is 0 Å². The van der Waals surface area contributed by atoms with Gasteiger partial charge in [-0.3, -0.25) is 0 Å². The molecule has 1 saturated carbocycles. The van der Waals surface area contributed by atoms with Gasteiger partial charge in [-0.1, -0.05) is 6.42 Å². The first-order chi connectivity index (χ1) is 6.67. The molecule has 0 amide bonds. The lowest BCUT2D eigenvalue weighted by Crippen LogP contribution is -2.44. The van der Waals surface area contributed by atoms with Crippen molar-refractivity contribution in [3.63, 3.8) is 0 Å². The van der Waals surface area contributed by atoms with Gasteiger partial charge in [-0.15, -0.1) is 0 Å². The molecule has 0 spiro atoms. The summed E-state index contributed by atoms with van der Waals surface area (Å²) in [7, 11) is 0. The molecule has 1 saturated heterocycles. The van der Waals surface area contributed by atoms with Gasteiger partial charge < -0.3 is 4.90 Å². The molecule has 82 valence electrons. The van der Waals surface area contributed by atoms with Crippen LogP contribution in [0.2, 0.25) is 0 Å². The molecule has 2 rings (SSSR count). The second-order valence-corrected chi connectivity index (χ2v) is 4.70. The van der Waals surface area contributed by atoms with E-state index in [4.69, 9.17) is 0 Å². The van der Waals surface area contributed by atoms with E-state index in [1.54, 1.807) is 0 Å². The summed E-state index contributed by atoms with van der Waals surface area (Å²) in [5, 5.41) is 0. The van der Waals surface area contributed by atoms with E-state index in [0.717, 1.165) is 19.5 Å². The Morgan fingerprint density at radius 2 is 1.71 bits per heavy atom. The number of rotatable bonds is 1. The Hall–Kier alpha value is -0.180. The number of hydrogen-bond donors (Lipinski definition) is 0. The fraction of sp³-hybridized carbons (Fsp3) is 1.00. The summed E-state index contributed by atoms with van der Waals surface area (Å²) >= 11 is 0. The molecule has 1 atom stereocenters. The second kappa shape index (κ2) is 4.13. The Bertz CT molecular complexity index is 188. The lowest BCUT2D eigenvalue weighted by molar-refractivity contribution is -0.0657. The largest absolute Gasteiger partial charge is 0.300 e. The number of piperidine rings is 1. The first kappa shape index (κ1) is 10.3. The Morgan fingerprint density at radius 3 is 2.36 bits per heavy atom. The zero-order chi connectivity index (χ0) is 10.0. The van der Waals surface area contributed by atoms with Gasteiger partial charge in [0.2, 0.25) is 5.92 Å². The number of halogens is 2. The van der Waals surface area contributed by atoms with Crippen molar-refractivity contribution < 1.29 is 8.78 Å². The summed E-state index contributed by atoms with van der Waals surface area (Å²) in [5.41, 5.74) is 0. The highest BCUT2D eigenvalue weighted by Crippen LogP contribution is 2.36. The number of hydrogen-bond acceptors (Lipinski definition) is 1. The van der Waals surface area contributed by atoms with Crippen LogP contribution in [0.25, 0.3) is 0 Å². The van der Waals surface area contributed by atoms with Crippen LogP contribution in [0.3, 0.4) is 0 Å². The van der Waals surface area contributed by atoms with Crippen molar-refractivity contribution >= 4 is 0 Å². The van der Waals surface area contributed by atoms with E-state index in [0.29, 0.717) is 6.42 Å². The van der Waals surface area contributed by atoms with Gasteiger partial charge in [-0.05, 0) is 38.8 Å². The number of alkyl halides is 2. The van der Waals surface area contributed by atoms with E-state index in [2.05, 4.69) is 4.90 Å². The van der Waals surface area contributed by atoms with Crippen molar-refractivity contribution in [3.05, 3.63) is 0 Å². The third-order valence-corrected chi connectivity index (χ3v) is 3.52. The maximum atomic E-state index is 13.2. The maximum absolute atomic E-state index is 13.2.